The highest BCUT2D eigenvalue weighted by Gasteiger charge is 2.28. The van der Waals surface area contributed by atoms with E-state index in [4.69, 9.17) is 0 Å². The Kier molecular flexibility index (Phi) is 5.61. The van der Waals surface area contributed by atoms with E-state index in [0.29, 0.717) is 37.2 Å². The zero-order valence-corrected chi connectivity index (χ0v) is 15.8. The Balaban J connectivity index is 1.54. The smallest absolute Gasteiger partial charge is 0.235 e. The van der Waals surface area contributed by atoms with Crippen LogP contribution in [0.15, 0.2) is 48.5 Å². The molecular formula is C20H24N2O3S. The van der Waals surface area contributed by atoms with Crippen LogP contribution in [0.5, 0.6) is 0 Å². The molecule has 5 nitrogen and oxygen atoms in total. The van der Waals surface area contributed by atoms with Crippen LogP contribution in [-0.2, 0) is 27.7 Å². The topological polar surface area (TPSA) is 66.5 Å². The summed E-state index contributed by atoms with van der Waals surface area (Å²) >= 11 is 0. The van der Waals surface area contributed by atoms with Crippen molar-refractivity contribution in [3.63, 3.8) is 0 Å². The molecule has 0 aliphatic carbocycles. The molecular weight excluding hydrogens is 348 g/mol. The van der Waals surface area contributed by atoms with Gasteiger partial charge in [0.15, 0.2) is 0 Å². The molecule has 1 aliphatic rings. The molecule has 0 bridgehead atoms. The Bertz CT molecular complexity index is 859. The summed E-state index contributed by atoms with van der Waals surface area (Å²) in [6.07, 6.45) is 2.77. The van der Waals surface area contributed by atoms with Gasteiger partial charge in [0.25, 0.3) is 0 Å². The zero-order valence-electron chi connectivity index (χ0n) is 14.9. The minimum absolute atomic E-state index is 0.0499. The van der Waals surface area contributed by atoms with Crippen LogP contribution in [-0.4, -0.2) is 26.6 Å². The van der Waals surface area contributed by atoms with Crippen molar-refractivity contribution in [2.75, 3.05) is 21.9 Å². The molecule has 0 atom stereocenters. The fourth-order valence-corrected chi connectivity index (χ4v) is 4.63. The minimum Gasteiger partial charge on any atom is -0.326 e. The highest BCUT2D eigenvalue weighted by molar-refractivity contribution is 7.93. The Hall–Kier alpha value is -2.34. The zero-order chi connectivity index (χ0) is 18.6. The van der Waals surface area contributed by atoms with Crippen molar-refractivity contribution in [2.24, 2.45) is 0 Å². The molecule has 138 valence electrons. The second-order valence-electron chi connectivity index (χ2n) is 6.51. The van der Waals surface area contributed by atoms with Crippen LogP contribution >= 0.6 is 0 Å². The summed E-state index contributed by atoms with van der Waals surface area (Å²) in [6, 6.07) is 15.3. The Morgan fingerprint density at radius 1 is 1.04 bits per heavy atom. The van der Waals surface area contributed by atoms with Gasteiger partial charge < -0.3 is 5.32 Å². The predicted octanol–water partition coefficient (Wildman–Crippen LogP) is 3.36. The molecule has 1 heterocycles. The summed E-state index contributed by atoms with van der Waals surface area (Å²) in [5, 5.41) is 2.87. The number of sulfonamides is 1. The molecule has 3 rings (SSSR count). The molecule has 1 aliphatic heterocycles. The third-order valence-electron chi connectivity index (χ3n) is 4.61. The quantitative estimate of drug-likeness (QED) is 0.845. The number of hydrogen-bond donors (Lipinski definition) is 1. The summed E-state index contributed by atoms with van der Waals surface area (Å²) in [5.74, 6) is 0.149. The summed E-state index contributed by atoms with van der Waals surface area (Å²) in [6.45, 7) is 2.64. The maximum Gasteiger partial charge on any atom is 0.235 e. The number of hydrogen-bond acceptors (Lipinski definition) is 3. The maximum atomic E-state index is 12.1. The number of benzene rings is 2. The standard InChI is InChI=1S/C20H24N2O3S/c1-2-16-4-6-17(7-5-16)8-13-20(23)21-18-9-11-19(12-10-18)22-14-3-15-26(22,24)25/h4-7,9-12H,2-3,8,13-15H2,1H3,(H,21,23). The highest BCUT2D eigenvalue weighted by atomic mass is 32.2. The lowest BCUT2D eigenvalue weighted by Crippen LogP contribution is -2.25. The van der Waals surface area contributed by atoms with Crippen molar-refractivity contribution < 1.29 is 13.2 Å². The average molecular weight is 372 g/mol. The fraction of sp³-hybridized carbons (Fsp3) is 0.350. The van der Waals surface area contributed by atoms with Crippen molar-refractivity contribution >= 4 is 27.3 Å². The van der Waals surface area contributed by atoms with Gasteiger partial charge in [-0.25, -0.2) is 8.42 Å². The van der Waals surface area contributed by atoms with Crippen molar-refractivity contribution in [3.05, 3.63) is 59.7 Å². The number of carbonyl (C=O) groups is 1. The van der Waals surface area contributed by atoms with Gasteiger partial charge >= 0.3 is 0 Å². The molecule has 0 saturated carbocycles. The van der Waals surface area contributed by atoms with E-state index in [1.165, 1.54) is 9.87 Å². The van der Waals surface area contributed by atoms with Gasteiger partial charge in [0.05, 0.1) is 11.4 Å². The number of aryl methyl sites for hydroxylation is 2. The van der Waals surface area contributed by atoms with Gasteiger partial charge in [-0.05, 0) is 54.7 Å². The molecule has 0 unspecified atom stereocenters. The Labute approximate surface area is 155 Å². The molecule has 2 aromatic carbocycles. The molecule has 26 heavy (non-hydrogen) atoms. The first-order chi connectivity index (χ1) is 12.5. The van der Waals surface area contributed by atoms with Crippen LogP contribution in [0.25, 0.3) is 0 Å². The summed E-state index contributed by atoms with van der Waals surface area (Å²) in [5.41, 5.74) is 3.76. The maximum absolute atomic E-state index is 12.1. The SMILES string of the molecule is CCc1ccc(CCC(=O)Nc2ccc(N3CCCS3(=O)=O)cc2)cc1. The number of carbonyl (C=O) groups excluding carboxylic acids is 1. The van der Waals surface area contributed by atoms with E-state index in [1.807, 2.05) is 0 Å². The summed E-state index contributed by atoms with van der Waals surface area (Å²) in [7, 11) is -3.17. The molecule has 1 saturated heterocycles. The van der Waals surface area contributed by atoms with Gasteiger partial charge in [-0.2, -0.15) is 0 Å². The fourth-order valence-electron chi connectivity index (χ4n) is 3.06. The Morgan fingerprint density at radius 3 is 2.27 bits per heavy atom. The molecule has 2 aromatic rings. The number of anilines is 2. The molecule has 1 N–H and O–H groups in total. The molecule has 1 fully saturated rings. The molecule has 6 heteroatoms. The van der Waals surface area contributed by atoms with Gasteiger partial charge in [-0.1, -0.05) is 31.2 Å². The first kappa shape index (κ1) is 18.5. The van der Waals surface area contributed by atoms with E-state index in [0.717, 1.165) is 12.0 Å². The lowest BCUT2D eigenvalue weighted by atomic mass is 10.1. The highest BCUT2D eigenvalue weighted by Crippen LogP contribution is 2.25. The van der Waals surface area contributed by atoms with Crippen LogP contribution in [0, 0.1) is 0 Å². The Morgan fingerprint density at radius 2 is 1.69 bits per heavy atom. The van der Waals surface area contributed by atoms with Crippen LogP contribution in [0.4, 0.5) is 11.4 Å². The van der Waals surface area contributed by atoms with Crippen LogP contribution in [0.3, 0.4) is 0 Å². The predicted molar refractivity (Wildman–Crippen MR) is 105 cm³/mol. The van der Waals surface area contributed by atoms with E-state index in [-0.39, 0.29) is 11.7 Å². The van der Waals surface area contributed by atoms with E-state index >= 15 is 0 Å². The monoisotopic (exact) mass is 372 g/mol. The van der Waals surface area contributed by atoms with Crippen molar-refractivity contribution in [1.29, 1.82) is 0 Å². The minimum atomic E-state index is -3.17. The third-order valence-corrected chi connectivity index (χ3v) is 6.48. The third kappa shape index (κ3) is 4.43. The molecule has 0 aromatic heterocycles. The van der Waals surface area contributed by atoms with Gasteiger partial charge in [0, 0.05) is 18.7 Å². The van der Waals surface area contributed by atoms with Crippen molar-refractivity contribution in [1.82, 2.24) is 0 Å². The van der Waals surface area contributed by atoms with E-state index in [2.05, 4.69) is 36.5 Å². The largest absolute Gasteiger partial charge is 0.326 e. The van der Waals surface area contributed by atoms with Crippen LogP contribution < -0.4 is 9.62 Å². The van der Waals surface area contributed by atoms with Gasteiger partial charge in [0.1, 0.15) is 0 Å². The second kappa shape index (κ2) is 7.91. The lowest BCUT2D eigenvalue weighted by Gasteiger charge is -2.17. The van der Waals surface area contributed by atoms with E-state index < -0.39 is 10.0 Å². The van der Waals surface area contributed by atoms with Crippen molar-refractivity contribution in [3.8, 4) is 0 Å². The number of rotatable bonds is 6. The molecule has 1 amide bonds. The lowest BCUT2D eigenvalue weighted by molar-refractivity contribution is -0.116. The van der Waals surface area contributed by atoms with Crippen LogP contribution in [0.1, 0.15) is 30.9 Å². The summed E-state index contributed by atoms with van der Waals surface area (Å²) in [4.78, 5) is 12.1. The van der Waals surface area contributed by atoms with Crippen molar-refractivity contribution in [2.45, 2.75) is 32.6 Å². The average Bonchev–Trinajstić information content (AvgIpc) is 3.00. The number of nitrogens with zero attached hydrogens (tertiary/aromatic N) is 1. The van der Waals surface area contributed by atoms with Crippen LogP contribution in [0.2, 0.25) is 0 Å². The van der Waals surface area contributed by atoms with Gasteiger partial charge in [0.2, 0.25) is 15.9 Å². The first-order valence-electron chi connectivity index (χ1n) is 8.96. The normalized spacial score (nSPS) is 15.8. The second-order valence-corrected chi connectivity index (χ2v) is 8.52. The number of amides is 1. The summed E-state index contributed by atoms with van der Waals surface area (Å²) < 4.78 is 25.3. The van der Waals surface area contributed by atoms with E-state index in [9.17, 15) is 13.2 Å². The van der Waals surface area contributed by atoms with Gasteiger partial charge in [-0.3, -0.25) is 9.10 Å². The molecule has 0 radical (unpaired) electrons. The van der Waals surface area contributed by atoms with E-state index in [1.54, 1.807) is 24.3 Å². The molecule has 0 spiro atoms. The number of nitrogens with one attached hydrogen (secondary N) is 1. The van der Waals surface area contributed by atoms with Gasteiger partial charge in [-0.15, -0.1) is 0 Å². The first-order valence-corrected chi connectivity index (χ1v) is 10.6.